The maximum Gasteiger partial charge on any atom is 0.407 e. The summed E-state index contributed by atoms with van der Waals surface area (Å²) in [5.74, 6) is 3.69. The van der Waals surface area contributed by atoms with Crippen molar-refractivity contribution in [3.05, 3.63) is 89.2 Å². The Bertz CT molecular complexity index is 1150. The summed E-state index contributed by atoms with van der Waals surface area (Å²) in [6, 6.07) is 19.5. The first-order valence-electron chi connectivity index (χ1n) is 9.85. The topological polar surface area (TPSA) is 47.6 Å². The summed E-state index contributed by atoms with van der Waals surface area (Å²) < 4.78 is 48.4. The predicted molar refractivity (Wildman–Crippen MR) is 113 cm³/mol. The van der Waals surface area contributed by atoms with Gasteiger partial charge in [-0.15, -0.1) is 0 Å². The summed E-state index contributed by atoms with van der Waals surface area (Å²) in [6.45, 7) is -3.11. The molecule has 0 unspecified atom stereocenters. The van der Waals surface area contributed by atoms with Crippen LogP contribution in [0.1, 0.15) is 22.6 Å². The average molecular weight is 437 g/mol. The van der Waals surface area contributed by atoms with Crippen LogP contribution in [0.5, 0.6) is 5.75 Å². The number of fused-ring (bicyclic) bond motifs is 3. The monoisotopic (exact) mass is 437 g/mol. The molecule has 0 radical (unpaired) electrons. The Balaban J connectivity index is 1.36. The Kier molecular flexibility index (Phi) is 6.31. The fraction of sp³-hybridized carbons (Fsp3) is 0.160. The van der Waals surface area contributed by atoms with Crippen molar-refractivity contribution >= 4 is 6.09 Å². The number of amides is 1. The highest BCUT2D eigenvalue weighted by Gasteiger charge is 2.28. The second kappa shape index (κ2) is 9.48. The number of nitrogens with one attached hydrogen (secondary N) is 1. The second-order valence-corrected chi connectivity index (χ2v) is 6.97. The van der Waals surface area contributed by atoms with Crippen molar-refractivity contribution in [2.45, 2.75) is 12.5 Å². The molecule has 0 saturated carbocycles. The number of hydrogen-bond acceptors (Lipinski definition) is 3. The van der Waals surface area contributed by atoms with Crippen LogP contribution in [0.4, 0.5) is 18.0 Å². The number of ether oxygens (including phenoxy) is 2. The van der Waals surface area contributed by atoms with E-state index in [9.17, 15) is 18.0 Å². The maximum atomic E-state index is 13.9. The summed E-state index contributed by atoms with van der Waals surface area (Å²) in [5.41, 5.74) is 4.12. The third-order valence-corrected chi connectivity index (χ3v) is 5.07. The number of hydrogen-bond donors (Lipinski definition) is 1. The highest BCUT2D eigenvalue weighted by molar-refractivity contribution is 5.79. The van der Waals surface area contributed by atoms with Crippen LogP contribution in [0.25, 0.3) is 11.1 Å². The SMILES string of the molecule is O=C(NCC#Cc1c(F)cccc1OC(F)F)OCC1c2ccccc2-c2ccccc21. The lowest BCUT2D eigenvalue weighted by Gasteiger charge is -2.14. The van der Waals surface area contributed by atoms with Gasteiger partial charge in [-0.25, -0.2) is 9.18 Å². The number of alkyl carbamates (subject to hydrolysis) is 1. The van der Waals surface area contributed by atoms with Crippen molar-refractivity contribution in [3.63, 3.8) is 0 Å². The highest BCUT2D eigenvalue weighted by Crippen LogP contribution is 2.44. The fourth-order valence-electron chi connectivity index (χ4n) is 3.72. The Hall–Kier alpha value is -3.92. The van der Waals surface area contributed by atoms with Gasteiger partial charge in [0.05, 0.1) is 6.54 Å². The Labute approximate surface area is 183 Å². The van der Waals surface area contributed by atoms with Crippen LogP contribution in [-0.4, -0.2) is 25.9 Å². The van der Waals surface area contributed by atoms with Crippen LogP contribution in [0.2, 0.25) is 0 Å². The molecule has 7 heteroatoms. The van der Waals surface area contributed by atoms with Gasteiger partial charge >= 0.3 is 12.7 Å². The van der Waals surface area contributed by atoms with Gasteiger partial charge in [0.1, 0.15) is 23.7 Å². The molecular formula is C25H18F3NO3. The first-order valence-corrected chi connectivity index (χ1v) is 9.85. The quantitative estimate of drug-likeness (QED) is 0.550. The normalized spacial score (nSPS) is 11.9. The molecule has 0 spiro atoms. The number of halogens is 3. The van der Waals surface area contributed by atoms with Crippen LogP contribution < -0.4 is 10.1 Å². The first kappa shape index (κ1) is 21.3. The minimum Gasteiger partial charge on any atom is -0.449 e. The molecule has 162 valence electrons. The molecular weight excluding hydrogens is 419 g/mol. The van der Waals surface area contributed by atoms with Crippen molar-refractivity contribution in [2.24, 2.45) is 0 Å². The molecule has 1 amide bonds. The van der Waals surface area contributed by atoms with Crippen molar-refractivity contribution in [3.8, 4) is 28.7 Å². The van der Waals surface area contributed by atoms with Gasteiger partial charge in [-0.2, -0.15) is 8.78 Å². The highest BCUT2D eigenvalue weighted by atomic mass is 19.3. The lowest BCUT2D eigenvalue weighted by atomic mass is 9.98. The van der Waals surface area contributed by atoms with Crippen LogP contribution in [0.15, 0.2) is 66.7 Å². The smallest absolute Gasteiger partial charge is 0.407 e. The van der Waals surface area contributed by atoms with E-state index in [0.717, 1.165) is 28.3 Å². The molecule has 1 aliphatic rings. The summed E-state index contributed by atoms with van der Waals surface area (Å²) in [7, 11) is 0. The summed E-state index contributed by atoms with van der Waals surface area (Å²) >= 11 is 0. The van der Waals surface area contributed by atoms with Crippen LogP contribution in [0, 0.1) is 17.7 Å². The zero-order valence-electron chi connectivity index (χ0n) is 16.8. The van der Waals surface area contributed by atoms with Gasteiger partial charge in [-0.3, -0.25) is 0 Å². The lowest BCUT2D eigenvalue weighted by Crippen LogP contribution is -2.26. The average Bonchev–Trinajstić information content (AvgIpc) is 3.10. The zero-order chi connectivity index (χ0) is 22.5. The molecule has 0 aromatic heterocycles. The van der Waals surface area contributed by atoms with E-state index in [1.807, 2.05) is 48.5 Å². The Morgan fingerprint density at radius 3 is 2.28 bits per heavy atom. The minimum absolute atomic E-state index is 0.0771. The standard InChI is InChI=1S/C25H18F3NO3/c26-22-12-5-13-23(32-24(27)28)20(22)11-6-14-29-25(30)31-15-21-18-9-3-1-7-16(18)17-8-2-4-10-19(17)21/h1-5,7-10,12-13,21,24H,14-15H2,(H,29,30). The van der Waals surface area contributed by atoms with Gasteiger partial charge in [0.2, 0.25) is 0 Å². The van der Waals surface area contributed by atoms with Crippen molar-refractivity contribution in [1.82, 2.24) is 5.32 Å². The first-order chi connectivity index (χ1) is 15.5. The minimum atomic E-state index is -3.10. The molecule has 32 heavy (non-hydrogen) atoms. The number of alkyl halides is 2. The third kappa shape index (κ3) is 4.54. The lowest BCUT2D eigenvalue weighted by molar-refractivity contribution is -0.0501. The Morgan fingerprint density at radius 1 is 0.969 bits per heavy atom. The molecule has 0 aliphatic heterocycles. The van der Waals surface area contributed by atoms with Crippen molar-refractivity contribution in [1.29, 1.82) is 0 Å². The molecule has 3 aromatic rings. The summed E-state index contributed by atoms with van der Waals surface area (Å²) in [5, 5.41) is 2.46. The molecule has 1 aliphatic carbocycles. The molecule has 0 atom stereocenters. The van der Waals surface area contributed by atoms with E-state index in [4.69, 9.17) is 4.74 Å². The molecule has 0 heterocycles. The Morgan fingerprint density at radius 2 is 1.62 bits per heavy atom. The molecule has 4 rings (SSSR count). The molecule has 0 saturated heterocycles. The molecule has 0 fully saturated rings. The molecule has 0 bridgehead atoms. The zero-order valence-corrected chi connectivity index (χ0v) is 16.8. The van der Waals surface area contributed by atoms with Crippen LogP contribution in [-0.2, 0) is 4.74 Å². The third-order valence-electron chi connectivity index (χ3n) is 5.07. The van der Waals surface area contributed by atoms with Crippen molar-refractivity contribution in [2.75, 3.05) is 13.2 Å². The number of benzene rings is 3. The number of rotatable bonds is 5. The maximum absolute atomic E-state index is 13.9. The van der Waals surface area contributed by atoms with E-state index >= 15 is 0 Å². The van der Waals surface area contributed by atoms with Crippen LogP contribution in [0.3, 0.4) is 0 Å². The number of carbonyl (C=O) groups is 1. The number of carbonyl (C=O) groups excluding carboxylic acids is 1. The summed E-state index contributed by atoms with van der Waals surface area (Å²) in [6.07, 6.45) is -0.682. The van der Waals surface area contributed by atoms with E-state index in [1.54, 1.807) is 0 Å². The molecule has 1 N–H and O–H groups in total. The van der Waals surface area contributed by atoms with Crippen molar-refractivity contribution < 1.29 is 27.4 Å². The van der Waals surface area contributed by atoms with E-state index in [0.29, 0.717) is 0 Å². The van der Waals surface area contributed by atoms with E-state index in [1.165, 1.54) is 12.1 Å². The van der Waals surface area contributed by atoms with Gasteiger partial charge in [-0.05, 0) is 34.4 Å². The van der Waals surface area contributed by atoms with Gasteiger partial charge in [0.15, 0.2) is 0 Å². The van der Waals surface area contributed by atoms with E-state index in [2.05, 4.69) is 21.9 Å². The van der Waals surface area contributed by atoms with Gasteiger partial charge < -0.3 is 14.8 Å². The van der Waals surface area contributed by atoms with Crippen LogP contribution >= 0.6 is 0 Å². The van der Waals surface area contributed by atoms with E-state index in [-0.39, 0.29) is 30.4 Å². The summed E-state index contributed by atoms with van der Waals surface area (Å²) in [4.78, 5) is 12.1. The fourth-order valence-corrected chi connectivity index (χ4v) is 3.72. The molecule has 3 aromatic carbocycles. The van der Waals surface area contributed by atoms with Gasteiger partial charge in [0, 0.05) is 5.92 Å². The predicted octanol–water partition coefficient (Wildman–Crippen LogP) is 5.32. The largest absolute Gasteiger partial charge is 0.449 e. The van der Waals surface area contributed by atoms with Gasteiger partial charge in [0.25, 0.3) is 0 Å². The van der Waals surface area contributed by atoms with Gasteiger partial charge in [-0.1, -0.05) is 66.4 Å². The van der Waals surface area contributed by atoms with E-state index < -0.39 is 18.5 Å². The second-order valence-electron chi connectivity index (χ2n) is 6.97. The molecule has 4 nitrogen and oxygen atoms in total.